The quantitative estimate of drug-likeness (QED) is 0.322. The third-order valence-electron chi connectivity index (χ3n) is 6.84. The Balaban J connectivity index is 1.30. The van der Waals surface area contributed by atoms with Crippen LogP contribution in [-0.2, 0) is 6.42 Å². The summed E-state index contributed by atoms with van der Waals surface area (Å²) in [6.07, 6.45) is 10.6. The Hall–Kier alpha value is -4.24. The molecule has 0 fully saturated rings. The van der Waals surface area contributed by atoms with Crippen LogP contribution in [0.25, 0.3) is 27.6 Å². The monoisotopic (exact) mass is 438 g/mol. The first-order valence-electron chi connectivity index (χ1n) is 11.7. The van der Waals surface area contributed by atoms with E-state index in [-0.39, 0.29) is 6.04 Å². The molecule has 0 saturated heterocycles. The van der Waals surface area contributed by atoms with Gasteiger partial charge in [-0.25, -0.2) is 4.99 Å². The number of benzene rings is 4. The molecule has 2 aliphatic heterocycles. The highest BCUT2D eigenvalue weighted by Gasteiger charge is 2.34. The van der Waals surface area contributed by atoms with Crippen LogP contribution in [0.5, 0.6) is 5.75 Å². The smallest absolute Gasteiger partial charge is 0.153 e. The zero-order valence-electron chi connectivity index (χ0n) is 18.7. The molecule has 4 aromatic carbocycles. The van der Waals surface area contributed by atoms with Gasteiger partial charge in [0.2, 0.25) is 0 Å². The van der Waals surface area contributed by atoms with E-state index in [1.165, 1.54) is 21.9 Å². The fourth-order valence-electron chi connectivity index (χ4n) is 5.05. The number of ether oxygens (including phenoxy) is 1. The molecule has 162 valence electrons. The minimum atomic E-state index is -0.0542. The van der Waals surface area contributed by atoms with Crippen molar-refractivity contribution in [1.82, 2.24) is 0 Å². The summed E-state index contributed by atoms with van der Waals surface area (Å²) in [5.41, 5.74) is 6.76. The molecule has 2 heterocycles. The van der Waals surface area contributed by atoms with Crippen LogP contribution in [0.15, 0.2) is 107 Å². The lowest BCUT2D eigenvalue weighted by Gasteiger charge is -2.15. The predicted molar refractivity (Wildman–Crippen MR) is 142 cm³/mol. The van der Waals surface area contributed by atoms with Crippen molar-refractivity contribution >= 4 is 44.7 Å². The lowest BCUT2D eigenvalue weighted by atomic mass is 9.91. The molecule has 7 rings (SSSR count). The average molecular weight is 439 g/mol. The van der Waals surface area contributed by atoms with Crippen molar-refractivity contribution in [1.29, 1.82) is 0 Å². The molecule has 0 aromatic heterocycles. The Morgan fingerprint density at radius 3 is 2.68 bits per heavy atom. The number of rotatable bonds is 2. The van der Waals surface area contributed by atoms with Gasteiger partial charge >= 0.3 is 0 Å². The summed E-state index contributed by atoms with van der Waals surface area (Å²) in [5.74, 6) is 1.31. The number of allylic oxidation sites excluding steroid dienone is 2. The van der Waals surface area contributed by atoms with E-state index in [1.807, 2.05) is 30.4 Å². The molecule has 34 heavy (non-hydrogen) atoms. The second-order valence-corrected chi connectivity index (χ2v) is 9.00. The largest absolute Gasteiger partial charge is 0.456 e. The number of hydrogen-bond acceptors (Lipinski definition) is 3. The first-order chi connectivity index (χ1) is 16.7. The summed E-state index contributed by atoms with van der Waals surface area (Å²) in [5, 5.41) is 4.76. The standard InChI is InChI=1S/C31H22N2O/c1-19-10-16-27(32-30-25-9-5-3-7-21(25)15-17-28(30)34-19)31-29(33-31)23-14-13-22-12-11-20-6-2-4-8-24(20)26(22)18-23/h3-5,7-18,31H,1-2,6H2/b16-10-,32-27?. The maximum absolute atomic E-state index is 5.97. The second-order valence-electron chi connectivity index (χ2n) is 9.00. The van der Waals surface area contributed by atoms with E-state index in [1.54, 1.807) is 0 Å². The lowest BCUT2D eigenvalue weighted by Crippen LogP contribution is -2.12. The van der Waals surface area contributed by atoms with Crippen LogP contribution in [-0.4, -0.2) is 17.5 Å². The van der Waals surface area contributed by atoms with Gasteiger partial charge in [0.15, 0.2) is 5.75 Å². The number of aryl methyl sites for hydroxylation is 1. The van der Waals surface area contributed by atoms with Crippen LogP contribution in [0.4, 0.5) is 5.69 Å². The van der Waals surface area contributed by atoms with Crippen LogP contribution in [0.2, 0.25) is 0 Å². The van der Waals surface area contributed by atoms with Crippen molar-refractivity contribution in [3.63, 3.8) is 0 Å². The average Bonchev–Trinajstić information content (AvgIpc) is 3.66. The van der Waals surface area contributed by atoms with Crippen LogP contribution < -0.4 is 4.74 Å². The molecule has 1 aliphatic carbocycles. The van der Waals surface area contributed by atoms with Gasteiger partial charge in [0.25, 0.3) is 0 Å². The van der Waals surface area contributed by atoms with E-state index in [0.717, 1.165) is 52.0 Å². The summed E-state index contributed by atoms with van der Waals surface area (Å²) in [6, 6.07) is 23.4. The van der Waals surface area contributed by atoms with Gasteiger partial charge in [0.05, 0.1) is 11.4 Å². The van der Waals surface area contributed by atoms with E-state index in [4.69, 9.17) is 14.7 Å². The zero-order chi connectivity index (χ0) is 22.6. The van der Waals surface area contributed by atoms with Crippen molar-refractivity contribution in [2.24, 2.45) is 9.98 Å². The molecule has 0 amide bonds. The number of aliphatic imine (C=N–C) groups is 2. The maximum Gasteiger partial charge on any atom is 0.153 e. The molecule has 0 spiro atoms. The third kappa shape index (κ3) is 3.12. The van der Waals surface area contributed by atoms with Gasteiger partial charge in [-0.1, -0.05) is 73.3 Å². The van der Waals surface area contributed by atoms with Gasteiger partial charge in [0.1, 0.15) is 17.5 Å². The number of nitrogens with zero attached hydrogens (tertiary/aromatic N) is 2. The topological polar surface area (TPSA) is 34.0 Å². The molecular formula is C31H22N2O. The van der Waals surface area contributed by atoms with Crippen LogP contribution in [0, 0.1) is 0 Å². The van der Waals surface area contributed by atoms with Gasteiger partial charge in [-0.15, -0.1) is 0 Å². The predicted octanol–water partition coefficient (Wildman–Crippen LogP) is 7.36. The van der Waals surface area contributed by atoms with E-state index in [9.17, 15) is 0 Å². The van der Waals surface area contributed by atoms with E-state index >= 15 is 0 Å². The van der Waals surface area contributed by atoms with Crippen molar-refractivity contribution in [2.75, 3.05) is 0 Å². The molecule has 1 unspecified atom stereocenters. The molecule has 3 aliphatic rings. The van der Waals surface area contributed by atoms with Gasteiger partial charge in [-0.3, -0.25) is 4.99 Å². The van der Waals surface area contributed by atoms with Gasteiger partial charge in [0, 0.05) is 5.39 Å². The van der Waals surface area contributed by atoms with Crippen molar-refractivity contribution < 1.29 is 4.74 Å². The Morgan fingerprint density at radius 1 is 0.853 bits per heavy atom. The van der Waals surface area contributed by atoms with Crippen molar-refractivity contribution in [2.45, 2.75) is 18.9 Å². The van der Waals surface area contributed by atoms with E-state index in [2.05, 4.69) is 67.3 Å². The Bertz CT molecular complexity index is 1650. The maximum atomic E-state index is 5.97. The molecule has 0 saturated carbocycles. The van der Waals surface area contributed by atoms with Gasteiger partial charge in [-0.05, 0) is 70.0 Å². The number of fused-ring (bicyclic) bond motifs is 6. The Labute approximate surface area is 198 Å². The highest BCUT2D eigenvalue weighted by Crippen LogP contribution is 2.39. The summed E-state index contributed by atoms with van der Waals surface area (Å²) in [7, 11) is 0. The molecule has 0 radical (unpaired) electrons. The Morgan fingerprint density at radius 2 is 1.71 bits per heavy atom. The SMILES string of the molecule is C=C1/C=C\C(C2N=C2c2ccc3ccc4c(c3c2)C=CCC4)=Nc2c(ccc3ccccc23)O1. The van der Waals surface area contributed by atoms with Crippen LogP contribution in [0.1, 0.15) is 23.1 Å². The van der Waals surface area contributed by atoms with Gasteiger partial charge < -0.3 is 4.74 Å². The third-order valence-corrected chi connectivity index (χ3v) is 6.84. The summed E-state index contributed by atoms with van der Waals surface area (Å²) in [6.45, 7) is 4.05. The minimum absolute atomic E-state index is 0.0542. The fourth-order valence-corrected chi connectivity index (χ4v) is 5.05. The first kappa shape index (κ1) is 19.2. The normalized spacial score (nSPS) is 19.4. The first-order valence-corrected chi connectivity index (χ1v) is 11.7. The number of hydrogen-bond donors (Lipinski definition) is 0. The highest BCUT2D eigenvalue weighted by molar-refractivity contribution is 6.30. The van der Waals surface area contributed by atoms with E-state index in [0.29, 0.717) is 5.76 Å². The van der Waals surface area contributed by atoms with Crippen molar-refractivity contribution in [3.05, 3.63) is 114 Å². The summed E-state index contributed by atoms with van der Waals surface area (Å²) < 4.78 is 5.97. The summed E-state index contributed by atoms with van der Waals surface area (Å²) in [4.78, 5) is 9.93. The highest BCUT2D eigenvalue weighted by atomic mass is 16.5. The molecule has 4 aromatic rings. The van der Waals surface area contributed by atoms with Crippen molar-refractivity contribution in [3.8, 4) is 5.75 Å². The molecule has 0 N–H and O–H groups in total. The molecule has 1 atom stereocenters. The Kier molecular flexibility index (Phi) is 4.18. The fraction of sp³-hybridized carbons (Fsp3) is 0.0968. The molecule has 3 nitrogen and oxygen atoms in total. The van der Waals surface area contributed by atoms with Crippen LogP contribution >= 0.6 is 0 Å². The van der Waals surface area contributed by atoms with Crippen LogP contribution in [0.3, 0.4) is 0 Å². The summed E-state index contributed by atoms with van der Waals surface area (Å²) >= 11 is 0. The zero-order valence-corrected chi connectivity index (χ0v) is 18.7. The van der Waals surface area contributed by atoms with Gasteiger partial charge in [-0.2, -0.15) is 0 Å². The van der Waals surface area contributed by atoms with E-state index < -0.39 is 0 Å². The minimum Gasteiger partial charge on any atom is -0.456 e. The second kappa shape index (κ2) is 7.39. The lowest BCUT2D eigenvalue weighted by molar-refractivity contribution is 0.448. The molecular weight excluding hydrogens is 416 g/mol. The molecule has 0 bridgehead atoms. The molecule has 3 heteroatoms.